The summed E-state index contributed by atoms with van der Waals surface area (Å²) < 4.78 is 36.6. The highest BCUT2D eigenvalue weighted by Crippen LogP contribution is 2.41. The minimum Gasteiger partial charge on any atom is -0.316 e. The summed E-state index contributed by atoms with van der Waals surface area (Å²) in [6.45, 7) is 10.6. The van der Waals surface area contributed by atoms with Crippen molar-refractivity contribution in [2.75, 3.05) is 13.1 Å². The Morgan fingerprint density at radius 2 is 1.83 bits per heavy atom. The summed E-state index contributed by atoms with van der Waals surface area (Å²) in [7, 11) is 0. The van der Waals surface area contributed by atoms with Crippen molar-refractivity contribution < 1.29 is 13.2 Å². The summed E-state index contributed by atoms with van der Waals surface area (Å²) in [6, 6.07) is 0. The molecule has 0 aromatic rings. The van der Waals surface area contributed by atoms with Crippen LogP contribution in [0.15, 0.2) is 0 Å². The molecule has 0 aromatic heterocycles. The van der Waals surface area contributed by atoms with Crippen LogP contribution in [0, 0.1) is 16.7 Å². The van der Waals surface area contributed by atoms with E-state index in [1.165, 1.54) is 0 Å². The number of nitrogens with one attached hydrogen (secondary N) is 1. The van der Waals surface area contributed by atoms with Crippen LogP contribution in [-0.4, -0.2) is 19.3 Å². The fraction of sp³-hybridized carbons (Fsp3) is 1.00. The van der Waals surface area contributed by atoms with Crippen molar-refractivity contribution in [2.24, 2.45) is 16.7 Å². The summed E-state index contributed by atoms with van der Waals surface area (Å²) in [6.07, 6.45) is -2.73. The van der Waals surface area contributed by atoms with E-state index in [0.29, 0.717) is 12.3 Å². The molecule has 1 aliphatic heterocycles. The molecule has 2 atom stereocenters. The molecule has 1 heterocycles. The molecule has 0 radical (unpaired) electrons. The van der Waals surface area contributed by atoms with Crippen molar-refractivity contribution >= 4 is 0 Å². The Labute approximate surface area is 109 Å². The minimum atomic E-state index is -4.01. The zero-order valence-electron chi connectivity index (χ0n) is 12.0. The maximum absolute atomic E-state index is 12.2. The van der Waals surface area contributed by atoms with Gasteiger partial charge in [0.05, 0.1) is 0 Å². The first-order valence-electron chi connectivity index (χ1n) is 6.79. The van der Waals surface area contributed by atoms with Crippen molar-refractivity contribution in [3.05, 3.63) is 0 Å². The third kappa shape index (κ3) is 5.17. The third-order valence-corrected chi connectivity index (χ3v) is 4.15. The first kappa shape index (κ1) is 15.8. The van der Waals surface area contributed by atoms with E-state index >= 15 is 0 Å². The molecule has 18 heavy (non-hydrogen) atoms. The van der Waals surface area contributed by atoms with Crippen molar-refractivity contribution in [1.29, 1.82) is 0 Å². The molecule has 0 spiro atoms. The average molecular weight is 265 g/mol. The summed E-state index contributed by atoms with van der Waals surface area (Å²) >= 11 is 0. The smallest absolute Gasteiger partial charge is 0.316 e. The molecule has 1 saturated heterocycles. The van der Waals surface area contributed by atoms with Gasteiger partial charge in [-0.25, -0.2) is 0 Å². The molecule has 1 aliphatic rings. The van der Waals surface area contributed by atoms with E-state index in [1.54, 1.807) is 0 Å². The number of alkyl halides is 3. The van der Waals surface area contributed by atoms with Crippen molar-refractivity contribution in [3.8, 4) is 0 Å². The molecule has 0 amide bonds. The second-order valence-electron chi connectivity index (χ2n) is 7.18. The third-order valence-electron chi connectivity index (χ3n) is 4.15. The zero-order valence-corrected chi connectivity index (χ0v) is 12.0. The highest BCUT2D eigenvalue weighted by molar-refractivity contribution is 4.90. The molecular weight excluding hydrogens is 239 g/mol. The molecule has 0 bridgehead atoms. The lowest BCUT2D eigenvalue weighted by Gasteiger charge is -2.44. The molecule has 1 N–H and O–H groups in total. The summed E-state index contributed by atoms with van der Waals surface area (Å²) in [5, 5.41) is 3.40. The van der Waals surface area contributed by atoms with E-state index in [4.69, 9.17) is 0 Å². The van der Waals surface area contributed by atoms with Crippen LogP contribution in [-0.2, 0) is 0 Å². The molecule has 0 aromatic carbocycles. The van der Waals surface area contributed by atoms with Gasteiger partial charge in [0.1, 0.15) is 0 Å². The van der Waals surface area contributed by atoms with Gasteiger partial charge in [-0.3, -0.25) is 0 Å². The van der Waals surface area contributed by atoms with Gasteiger partial charge in [0.2, 0.25) is 0 Å². The van der Waals surface area contributed by atoms with Crippen LogP contribution in [0.3, 0.4) is 0 Å². The van der Waals surface area contributed by atoms with Gasteiger partial charge in [0, 0.05) is 13.0 Å². The summed E-state index contributed by atoms with van der Waals surface area (Å²) in [4.78, 5) is 0. The van der Waals surface area contributed by atoms with Crippen LogP contribution < -0.4 is 5.32 Å². The summed E-state index contributed by atoms with van der Waals surface area (Å²) in [5.41, 5.74) is 0.236. The maximum atomic E-state index is 12.2. The van der Waals surface area contributed by atoms with Crippen molar-refractivity contribution in [3.63, 3.8) is 0 Å². The zero-order chi connectivity index (χ0) is 14.0. The molecule has 4 heteroatoms. The second-order valence-corrected chi connectivity index (χ2v) is 7.18. The van der Waals surface area contributed by atoms with E-state index in [-0.39, 0.29) is 17.3 Å². The van der Waals surface area contributed by atoms with Gasteiger partial charge in [-0.05, 0) is 42.6 Å². The van der Waals surface area contributed by atoms with Gasteiger partial charge >= 0.3 is 6.18 Å². The van der Waals surface area contributed by atoms with E-state index in [1.807, 2.05) is 0 Å². The largest absolute Gasteiger partial charge is 0.389 e. The van der Waals surface area contributed by atoms with E-state index < -0.39 is 12.6 Å². The van der Waals surface area contributed by atoms with Gasteiger partial charge < -0.3 is 5.32 Å². The first-order valence-corrected chi connectivity index (χ1v) is 6.79. The predicted molar refractivity (Wildman–Crippen MR) is 68.4 cm³/mol. The lowest BCUT2D eigenvalue weighted by Crippen LogP contribution is -2.46. The maximum Gasteiger partial charge on any atom is 0.389 e. The molecular formula is C14H26F3N. The molecule has 1 fully saturated rings. The minimum absolute atomic E-state index is 0.0153. The van der Waals surface area contributed by atoms with Crippen LogP contribution in [0.2, 0.25) is 0 Å². The Hall–Kier alpha value is -0.250. The average Bonchev–Trinajstić information content (AvgIpc) is 2.13. The van der Waals surface area contributed by atoms with E-state index in [9.17, 15) is 13.2 Å². The highest BCUT2D eigenvalue weighted by Gasteiger charge is 2.37. The monoisotopic (exact) mass is 265 g/mol. The van der Waals surface area contributed by atoms with Gasteiger partial charge in [-0.2, -0.15) is 13.2 Å². The van der Waals surface area contributed by atoms with Gasteiger partial charge in [0.25, 0.3) is 0 Å². The fourth-order valence-electron chi connectivity index (χ4n) is 2.81. The molecule has 1 nitrogen and oxygen atoms in total. The number of rotatable bonds is 3. The number of hydrogen-bond donors (Lipinski definition) is 1. The van der Waals surface area contributed by atoms with E-state index in [0.717, 1.165) is 19.5 Å². The van der Waals surface area contributed by atoms with Crippen LogP contribution in [0.5, 0.6) is 0 Å². The lowest BCUT2D eigenvalue weighted by molar-refractivity contribution is -0.137. The SMILES string of the molecule is CC(C)(C)C1CNC[C@@](C)(CCCC(F)(F)F)C1. The van der Waals surface area contributed by atoms with Crippen LogP contribution in [0.4, 0.5) is 13.2 Å². The van der Waals surface area contributed by atoms with Crippen molar-refractivity contribution in [2.45, 2.75) is 59.6 Å². The number of halogens is 3. The van der Waals surface area contributed by atoms with Crippen LogP contribution in [0.1, 0.15) is 53.4 Å². The first-order chi connectivity index (χ1) is 8.02. The molecule has 0 saturated carbocycles. The normalized spacial score (nSPS) is 30.5. The lowest BCUT2D eigenvalue weighted by atomic mass is 9.67. The Morgan fingerprint density at radius 1 is 1.22 bits per heavy atom. The van der Waals surface area contributed by atoms with Gasteiger partial charge in [-0.1, -0.05) is 27.7 Å². The Bertz CT molecular complexity index is 267. The Morgan fingerprint density at radius 3 is 2.33 bits per heavy atom. The summed E-state index contributed by atoms with van der Waals surface area (Å²) in [5.74, 6) is 0.544. The van der Waals surface area contributed by atoms with Gasteiger partial charge in [-0.15, -0.1) is 0 Å². The fourth-order valence-corrected chi connectivity index (χ4v) is 2.81. The Kier molecular flexibility index (Phi) is 4.74. The van der Waals surface area contributed by atoms with Crippen molar-refractivity contribution in [1.82, 2.24) is 5.32 Å². The molecule has 1 unspecified atom stereocenters. The topological polar surface area (TPSA) is 12.0 Å². The number of piperidine rings is 1. The van der Waals surface area contributed by atoms with E-state index in [2.05, 4.69) is 33.0 Å². The molecule has 108 valence electrons. The van der Waals surface area contributed by atoms with Crippen LogP contribution in [0.25, 0.3) is 0 Å². The highest BCUT2D eigenvalue weighted by atomic mass is 19.4. The van der Waals surface area contributed by atoms with Crippen LogP contribution >= 0.6 is 0 Å². The quantitative estimate of drug-likeness (QED) is 0.798. The second kappa shape index (κ2) is 5.40. The standard InChI is InChI=1S/C14H26F3N/c1-12(2,3)11-8-13(4,10-18-9-11)6-5-7-14(15,16)17/h11,18H,5-10H2,1-4H3/t11?,13-/m0/s1. The van der Waals surface area contributed by atoms with Gasteiger partial charge in [0.15, 0.2) is 0 Å². The Balaban J connectivity index is 2.48. The predicted octanol–water partition coefficient (Wildman–Crippen LogP) is 4.38. The number of hydrogen-bond acceptors (Lipinski definition) is 1. The molecule has 1 rings (SSSR count). The molecule has 0 aliphatic carbocycles.